The van der Waals surface area contributed by atoms with Crippen molar-refractivity contribution in [1.29, 1.82) is 0 Å². The molecule has 1 aliphatic heterocycles. The van der Waals surface area contributed by atoms with Crippen molar-refractivity contribution < 1.29 is 27.1 Å². The van der Waals surface area contributed by atoms with Crippen LogP contribution in [0.25, 0.3) is 0 Å². The van der Waals surface area contributed by atoms with Crippen LogP contribution in [-0.4, -0.2) is 36.6 Å². The first-order chi connectivity index (χ1) is 26.1. The maximum Gasteiger partial charge on any atom is 0.349 e. The molecule has 0 aromatic rings. The van der Waals surface area contributed by atoms with E-state index in [2.05, 4.69) is 41.5 Å². The molecule has 9 nitrogen and oxygen atoms in total. The van der Waals surface area contributed by atoms with Gasteiger partial charge in [0.1, 0.15) is 0 Å². The number of rotatable bonds is 12. The summed E-state index contributed by atoms with van der Waals surface area (Å²) in [5, 5.41) is 0. The summed E-state index contributed by atoms with van der Waals surface area (Å²) in [5.74, 6) is 2.36. The van der Waals surface area contributed by atoms with Gasteiger partial charge in [0, 0.05) is 0 Å². The van der Waals surface area contributed by atoms with Crippen molar-refractivity contribution in [2.45, 2.75) is 232 Å². The first-order valence-corrected chi connectivity index (χ1v) is 27.7. The maximum absolute atomic E-state index is 7.59. The zero-order valence-corrected chi connectivity index (χ0v) is 37.7. The Bertz CT molecular complexity index is 1130. The van der Waals surface area contributed by atoms with Gasteiger partial charge in [0.25, 0.3) is 0 Å². The lowest BCUT2D eigenvalue weighted by molar-refractivity contribution is 0.0389. The predicted molar refractivity (Wildman–Crippen MR) is 223 cm³/mol. The van der Waals surface area contributed by atoms with Crippen LogP contribution in [-0.2, 0) is 27.1 Å². The highest BCUT2D eigenvalue weighted by Crippen LogP contribution is 2.83. The van der Waals surface area contributed by atoms with Crippen LogP contribution in [0.2, 0.25) is 0 Å². The second-order valence-corrected chi connectivity index (χ2v) is 25.5. The molecule has 6 aliphatic carbocycles. The smallest absolute Gasteiger partial charge is 0.303 e. The van der Waals surface area contributed by atoms with Crippen molar-refractivity contribution in [3.63, 3.8) is 0 Å². The molecule has 0 bridgehead atoms. The third-order valence-corrected chi connectivity index (χ3v) is 23.2. The quantitative estimate of drug-likeness (QED) is 0.182. The molecule has 7 rings (SSSR count). The van der Waals surface area contributed by atoms with Gasteiger partial charge in [-0.1, -0.05) is 119 Å². The van der Waals surface area contributed by atoms with Crippen molar-refractivity contribution in [2.75, 3.05) is 0 Å². The molecule has 0 spiro atoms. The van der Waals surface area contributed by atoms with E-state index in [9.17, 15) is 0 Å². The molecular weight excluding hydrogens is 735 g/mol. The predicted octanol–water partition coefficient (Wildman–Crippen LogP) is 15.4. The Morgan fingerprint density at radius 1 is 0.259 bits per heavy atom. The van der Waals surface area contributed by atoms with E-state index in [1.54, 1.807) is 0 Å². The fourth-order valence-corrected chi connectivity index (χ4v) is 21.5. The molecule has 0 radical (unpaired) electrons. The van der Waals surface area contributed by atoms with E-state index in [0.29, 0.717) is 35.5 Å². The second-order valence-electron chi connectivity index (χ2n) is 19.2. The zero-order valence-electron chi connectivity index (χ0n) is 35.0. The van der Waals surface area contributed by atoms with E-state index in [1.807, 2.05) is 0 Å². The number of hydrogen-bond donors (Lipinski definition) is 0. The molecule has 54 heavy (non-hydrogen) atoms. The van der Waals surface area contributed by atoms with E-state index >= 15 is 0 Å². The van der Waals surface area contributed by atoms with Gasteiger partial charge in [-0.05, 0) is 113 Å². The van der Waals surface area contributed by atoms with Crippen LogP contribution >= 0.6 is 23.0 Å². The van der Waals surface area contributed by atoms with Gasteiger partial charge in [0.2, 0.25) is 0 Å². The average Bonchev–Trinajstić information content (AvgIpc) is 3.14. The Labute approximate surface area is 330 Å². The lowest BCUT2D eigenvalue weighted by Crippen LogP contribution is -2.31. The van der Waals surface area contributed by atoms with E-state index in [4.69, 9.17) is 40.7 Å². The van der Waals surface area contributed by atoms with Crippen LogP contribution in [0, 0.1) is 35.5 Å². The minimum Gasteiger partial charge on any atom is -0.303 e. The summed E-state index contributed by atoms with van der Waals surface area (Å²) in [4.78, 5) is 0. The molecule has 6 fully saturated rings. The molecule has 312 valence electrons. The fourth-order valence-electron chi connectivity index (χ4n) is 10.5. The molecule has 0 amide bonds. The summed E-state index contributed by atoms with van der Waals surface area (Å²) < 4.78 is 63.1. The van der Waals surface area contributed by atoms with Gasteiger partial charge in [-0.15, -0.1) is 13.5 Å². The monoisotopic (exact) mass is 814 g/mol. The van der Waals surface area contributed by atoms with E-state index in [0.717, 1.165) is 116 Å². The van der Waals surface area contributed by atoms with Crippen LogP contribution in [0.5, 0.6) is 0 Å². The standard InChI is InChI=1S/C42H78N3O6P3/c1-31-19-7-13-25-37(31)46-52(47-38-26-14-8-20-32(38)2)43-53(48-39-27-15-9-21-33(39)3,49-40-28-16-10-22-34(40)4)45-54(44-52,50-41-29-17-11-23-35(41)5)51-42-30-18-12-24-36(42)6/h31-42H,7-30H2,1-6H3. The molecule has 12 heteroatoms. The second kappa shape index (κ2) is 19.2. The molecular formula is C42H78N3O6P3. The first kappa shape index (κ1) is 42.6. The van der Waals surface area contributed by atoms with Crippen molar-refractivity contribution >= 4 is 23.0 Å². The van der Waals surface area contributed by atoms with Gasteiger partial charge in [0.05, 0.1) is 36.6 Å². The maximum atomic E-state index is 7.59. The molecule has 0 aromatic heterocycles. The Balaban J connectivity index is 1.46. The van der Waals surface area contributed by atoms with Crippen molar-refractivity contribution in [1.82, 2.24) is 0 Å². The van der Waals surface area contributed by atoms with Crippen molar-refractivity contribution in [2.24, 2.45) is 49.1 Å². The summed E-state index contributed by atoms with van der Waals surface area (Å²) in [6.07, 6.45) is 27.2. The van der Waals surface area contributed by atoms with Crippen LogP contribution in [0.15, 0.2) is 13.5 Å². The normalized spacial score (nSPS) is 47.9. The van der Waals surface area contributed by atoms with Crippen LogP contribution < -0.4 is 0 Å². The van der Waals surface area contributed by atoms with Gasteiger partial charge >= 0.3 is 23.0 Å². The molecule has 12 atom stereocenters. The summed E-state index contributed by atoms with van der Waals surface area (Å²) in [6, 6.07) is 0. The van der Waals surface area contributed by atoms with Crippen LogP contribution in [0.1, 0.15) is 196 Å². The van der Waals surface area contributed by atoms with E-state index in [-0.39, 0.29) is 36.6 Å². The van der Waals surface area contributed by atoms with Gasteiger partial charge < -0.3 is 27.1 Å². The fraction of sp³-hybridized carbons (Fsp3) is 1.00. The highest BCUT2D eigenvalue weighted by atomic mass is 31.3. The Morgan fingerprint density at radius 2 is 0.407 bits per heavy atom. The third kappa shape index (κ3) is 10.6. The zero-order chi connectivity index (χ0) is 37.8. The molecule has 0 N–H and O–H groups in total. The lowest BCUT2D eigenvalue weighted by Gasteiger charge is -2.44. The largest absolute Gasteiger partial charge is 0.349 e. The summed E-state index contributed by atoms with van der Waals surface area (Å²) in [6.45, 7) is 14.1. The lowest BCUT2D eigenvalue weighted by atomic mass is 9.88. The molecule has 0 aromatic carbocycles. The summed E-state index contributed by atoms with van der Waals surface area (Å²) in [5.41, 5.74) is 0. The minimum atomic E-state index is -3.44. The Kier molecular flexibility index (Phi) is 15.2. The third-order valence-electron chi connectivity index (χ3n) is 14.5. The molecule has 1 heterocycles. The SMILES string of the molecule is CC1CCCCC1OP1(OC2CCCCC2C)=NP(OC2CCCCC2C)(OC2CCCCC2C)=NP(OC2CCCCC2C)(OC2CCCCC2C)=N1. The highest BCUT2D eigenvalue weighted by Gasteiger charge is 2.51. The van der Waals surface area contributed by atoms with E-state index in [1.165, 1.54) is 38.5 Å². The van der Waals surface area contributed by atoms with Crippen molar-refractivity contribution in [3.05, 3.63) is 0 Å². The van der Waals surface area contributed by atoms with Crippen LogP contribution in [0.4, 0.5) is 0 Å². The average molecular weight is 814 g/mol. The molecule has 12 unspecified atom stereocenters. The van der Waals surface area contributed by atoms with Crippen molar-refractivity contribution in [3.8, 4) is 0 Å². The molecule has 0 saturated heterocycles. The molecule has 7 aliphatic rings. The minimum absolute atomic E-state index is 0.00444. The van der Waals surface area contributed by atoms with E-state index < -0.39 is 23.0 Å². The van der Waals surface area contributed by atoms with Gasteiger partial charge in [0.15, 0.2) is 0 Å². The van der Waals surface area contributed by atoms with Gasteiger partial charge in [-0.3, -0.25) is 0 Å². The number of hydrogen-bond acceptors (Lipinski definition) is 9. The number of nitrogens with zero attached hydrogens (tertiary/aromatic N) is 3. The first-order valence-electron chi connectivity index (χ1n) is 23.1. The highest BCUT2D eigenvalue weighted by molar-refractivity contribution is 7.78. The topological polar surface area (TPSA) is 92.5 Å². The summed E-state index contributed by atoms with van der Waals surface area (Å²) in [7, 11) is -10.3. The Hall–Kier alpha value is 0.450. The van der Waals surface area contributed by atoms with Gasteiger partial charge in [-0.2, -0.15) is 0 Å². The van der Waals surface area contributed by atoms with Gasteiger partial charge in [-0.25, -0.2) is 0 Å². The van der Waals surface area contributed by atoms with Crippen LogP contribution in [0.3, 0.4) is 0 Å². The Morgan fingerprint density at radius 3 is 0.556 bits per heavy atom. The molecule has 6 saturated carbocycles. The summed E-state index contributed by atoms with van der Waals surface area (Å²) >= 11 is 0.